The van der Waals surface area contributed by atoms with E-state index in [4.69, 9.17) is 11.5 Å². The van der Waals surface area contributed by atoms with Crippen molar-refractivity contribution in [3.8, 4) is 11.1 Å². The molecule has 1 heterocycles. The van der Waals surface area contributed by atoms with E-state index < -0.39 is 29.3 Å². The van der Waals surface area contributed by atoms with E-state index in [1.54, 1.807) is 12.1 Å². The number of nitrogens with zero attached hydrogens (tertiary/aromatic N) is 2. The van der Waals surface area contributed by atoms with Crippen molar-refractivity contribution >= 4 is 23.7 Å². The third kappa shape index (κ3) is 8.86. The molecule has 0 saturated carbocycles. The van der Waals surface area contributed by atoms with Gasteiger partial charge in [-0.3, -0.25) is 15.0 Å². The number of aromatic amines is 1. The second-order valence-corrected chi connectivity index (χ2v) is 8.89. The molecule has 0 radical (unpaired) electrons. The molecule has 0 aliphatic carbocycles. The van der Waals surface area contributed by atoms with Crippen LogP contribution < -0.4 is 33.0 Å². The van der Waals surface area contributed by atoms with Gasteiger partial charge < -0.3 is 27.1 Å². The number of aromatic nitrogens is 2. The Kier molecular flexibility index (Phi) is 10.5. The van der Waals surface area contributed by atoms with Gasteiger partial charge in [-0.1, -0.05) is 24.3 Å². The smallest absolute Gasteiger partial charge is 0.326 e. The number of nitrogens with one attached hydrogen (secondary N) is 4. The molecule has 208 valence electrons. The zero-order valence-electron chi connectivity index (χ0n) is 21.5. The molecule has 0 atom stereocenters. The lowest BCUT2D eigenvalue weighted by Gasteiger charge is -2.22. The van der Waals surface area contributed by atoms with Gasteiger partial charge >= 0.3 is 12.1 Å². The second kappa shape index (κ2) is 14.0. The summed E-state index contributed by atoms with van der Waals surface area (Å²) >= 11 is 0. The number of urea groups is 2. The molecule has 0 unspecified atom stereocenters. The molecule has 8 N–H and O–H groups in total. The summed E-state index contributed by atoms with van der Waals surface area (Å²) in [5.74, 6) is -1.80. The van der Waals surface area contributed by atoms with Crippen LogP contribution >= 0.6 is 0 Å². The van der Waals surface area contributed by atoms with Crippen LogP contribution in [0.4, 0.5) is 30.0 Å². The highest BCUT2D eigenvalue weighted by Crippen LogP contribution is 2.20. The maximum absolute atomic E-state index is 13.9. The van der Waals surface area contributed by atoms with E-state index in [9.17, 15) is 23.2 Å². The van der Waals surface area contributed by atoms with Crippen LogP contribution in [0.5, 0.6) is 0 Å². The summed E-state index contributed by atoms with van der Waals surface area (Å²) in [4.78, 5) is 44.5. The van der Waals surface area contributed by atoms with Gasteiger partial charge in [0, 0.05) is 31.9 Å². The van der Waals surface area contributed by atoms with E-state index in [0.29, 0.717) is 36.8 Å². The highest BCUT2D eigenvalue weighted by molar-refractivity contribution is 5.98. The molecule has 11 nitrogen and oxygen atoms in total. The number of anilines is 2. The summed E-state index contributed by atoms with van der Waals surface area (Å²) in [7, 11) is 0. The monoisotopic (exact) mass is 542 g/mol. The summed E-state index contributed by atoms with van der Waals surface area (Å²) in [6, 6.07) is 7.85. The molecule has 0 aliphatic rings. The van der Waals surface area contributed by atoms with Crippen LogP contribution in [0.1, 0.15) is 24.0 Å². The Morgan fingerprint density at radius 3 is 2.44 bits per heavy atom. The number of halogens is 2. The topological polar surface area (TPSA) is 171 Å². The minimum Gasteiger partial charge on any atom is -0.352 e. The lowest BCUT2D eigenvalue weighted by Crippen LogP contribution is -2.33. The van der Waals surface area contributed by atoms with Crippen molar-refractivity contribution < 1.29 is 18.4 Å². The van der Waals surface area contributed by atoms with Crippen LogP contribution in [0.2, 0.25) is 0 Å². The summed E-state index contributed by atoms with van der Waals surface area (Å²) in [6.45, 7) is 4.71. The normalized spacial score (nSPS) is 10.9. The van der Waals surface area contributed by atoms with Crippen LogP contribution in [0.3, 0.4) is 0 Å². The van der Waals surface area contributed by atoms with E-state index in [1.807, 2.05) is 12.1 Å². The summed E-state index contributed by atoms with van der Waals surface area (Å²) < 4.78 is 27.3. The summed E-state index contributed by atoms with van der Waals surface area (Å²) in [5, 5.41) is 7.16. The first-order chi connectivity index (χ1) is 18.7. The van der Waals surface area contributed by atoms with Crippen molar-refractivity contribution in [2.45, 2.75) is 26.3 Å². The number of nitrogens with two attached hydrogens (primary N) is 2. The molecule has 4 amide bonds. The standard InChI is InChI=1S/C26H32F2N8O3/c1-16-12-22(21(28)13-20(16)27)33-26(39)35-25-32-14-19(23(37)34-25)18-6-4-17(5-7-18)15-36(10-2-8-29)11-3-9-31-24(30)38/h4-7,12-14H,2-3,8-11,15,29H2,1H3,(H3,30,31,38)(H3,32,33,34,35,37,39). The average molecular weight is 543 g/mol. The molecule has 13 heteroatoms. The van der Waals surface area contributed by atoms with Gasteiger partial charge in [0.2, 0.25) is 5.95 Å². The van der Waals surface area contributed by atoms with E-state index in [0.717, 1.165) is 37.6 Å². The van der Waals surface area contributed by atoms with Crippen molar-refractivity contribution in [2.75, 3.05) is 36.8 Å². The molecular weight excluding hydrogens is 510 g/mol. The van der Waals surface area contributed by atoms with Crippen LogP contribution in [-0.2, 0) is 6.54 Å². The Balaban J connectivity index is 1.62. The first-order valence-electron chi connectivity index (χ1n) is 12.3. The molecule has 1 aromatic heterocycles. The average Bonchev–Trinajstić information content (AvgIpc) is 2.88. The molecule has 0 fully saturated rings. The number of hydrogen-bond acceptors (Lipinski definition) is 6. The van der Waals surface area contributed by atoms with Gasteiger partial charge in [-0.2, -0.15) is 4.98 Å². The molecule has 3 aromatic rings. The zero-order chi connectivity index (χ0) is 28.4. The SMILES string of the molecule is Cc1cc(NC(=O)Nc2nc(=O)c(-c3ccc(CN(CCCN)CCCNC(N)=O)cc3)c[nH]2)c(F)cc1F. The highest BCUT2D eigenvalue weighted by atomic mass is 19.1. The second-order valence-electron chi connectivity index (χ2n) is 8.89. The largest absolute Gasteiger partial charge is 0.352 e. The third-order valence-corrected chi connectivity index (χ3v) is 5.83. The Morgan fingerprint density at radius 1 is 1.05 bits per heavy atom. The predicted molar refractivity (Wildman–Crippen MR) is 145 cm³/mol. The Labute approximate surface area is 224 Å². The lowest BCUT2D eigenvalue weighted by molar-refractivity contribution is 0.243. The van der Waals surface area contributed by atoms with Gasteiger partial charge in [0.15, 0.2) is 0 Å². The first-order valence-corrected chi connectivity index (χ1v) is 12.3. The van der Waals surface area contributed by atoms with Crippen LogP contribution in [0, 0.1) is 18.6 Å². The molecule has 0 aliphatic heterocycles. The molecule has 0 bridgehead atoms. The van der Waals surface area contributed by atoms with Gasteiger partial charge in [-0.15, -0.1) is 0 Å². The van der Waals surface area contributed by atoms with Gasteiger partial charge in [0.25, 0.3) is 5.56 Å². The fourth-order valence-corrected chi connectivity index (χ4v) is 3.83. The number of carbonyl (C=O) groups excluding carboxylic acids is 2. The molecule has 2 aromatic carbocycles. The molecule has 3 rings (SSSR count). The number of primary amides is 1. The highest BCUT2D eigenvalue weighted by Gasteiger charge is 2.13. The summed E-state index contributed by atoms with van der Waals surface area (Å²) in [6.07, 6.45) is 2.99. The summed E-state index contributed by atoms with van der Waals surface area (Å²) in [5.41, 5.74) is 12.1. The number of benzene rings is 2. The van der Waals surface area contributed by atoms with E-state index >= 15 is 0 Å². The maximum Gasteiger partial charge on any atom is 0.326 e. The Hall–Kier alpha value is -4.36. The van der Waals surface area contributed by atoms with E-state index in [-0.39, 0.29) is 17.2 Å². The van der Waals surface area contributed by atoms with E-state index in [2.05, 4.69) is 30.8 Å². The van der Waals surface area contributed by atoms with Gasteiger partial charge in [0.1, 0.15) is 11.6 Å². The fourth-order valence-electron chi connectivity index (χ4n) is 3.83. The van der Waals surface area contributed by atoms with Crippen LogP contribution in [-0.4, -0.2) is 53.1 Å². The Bertz CT molecular complexity index is 1350. The Morgan fingerprint density at radius 2 is 1.77 bits per heavy atom. The predicted octanol–water partition coefficient (Wildman–Crippen LogP) is 2.88. The van der Waals surface area contributed by atoms with Crippen molar-refractivity contribution in [3.05, 3.63) is 75.7 Å². The molecule has 0 saturated heterocycles. The minimum atomic E-state index is -0.934. The molecule has 0 spiro atoms. The van der Waals surface area contributed by atoms with Gasteiger partial charge in [-0.05, 0) is 55.6 Å². The maximum atomic E-state index is 13.9. The quantitative estimate of drug-likeness (QED) is 0.192. The number of rotatable bonds is 12. The number of H-pyrrole nitrogens is 1. The van der Waals surface area contributed by atoms with Crippen molar-refractivity contribution in [3.63, 3.8) is 0 Å². The van der Waals surface area contributed by atoms with Gasteiger partial charge in [0.05, 0.1) is 11.3 Å². The van der Waals surface area contributed by atoms with E-state index in [1.165, 1.54) is 13.1 Å². The van der Waals surface area contributed by atoms with Crippen LogP contribution in [0.25, 0.3) is 11.1 Å². The number of amides is 4. The van der Waals surface area contributed by atoms with Crippen molar-refractivity contribution in [1.29, 1.82) is 0 Å². The first kappa shape index (κ1) is 29.2. The van der Waals surface area contributed by atoms with Crippen LogP contribution in [0.15, 0.2) is 47.4 Å². The van der Waals surface area contributed by atoms with Gasteiger partial charge in [-0.25, -0.2) is 18.4 Å². The molecule has 39 heavy (non-hydrogen) atoms. The zero-order valence-corrected chi connectivity index (χ0v) is 21.5. The minimum absolute atomic E-state index is 0.140. The van der Waals surface area contributed by atoms with Crippen molar-refractivity contribution in [1.82, 2.24) is 20.2 Å². The number of carbonyl (C=O) groups is 2. The molecular formula is C26H32F2N8O3. The third-order valence-electron chi connectivity index (χ3n) is 5.83. The number of aryl methyl sites for hydroxylation is 1. The lowest BCUT2D eigenvalue weighted by atomic mass is 10.1. The van der Waals surface area contributed by atoms with Crippen molar-refractivity contribution in [2.24, 2.45) is 11.5 Å². The fraction of sp³-hybridized carbons (Fsp3) is 0.308. The number of hydrogen-bond donors (Lipinski definition) is 6.